The van der Waals surface area contributed by atoms with Gasteiger partial charge in [0.05, 0.1) is 6.61 Å². The summed E-state index contributed by atoms with van der Waals surface area (Å²) >= 11 is 1.90. The summed E-state index contributed by atoms with van der Waals surface area (Å²) in [6, 6.07) is 2.33. The lowest BCUT2D eigenvalue weighted by Gasteiger charge is -2.19. The van der Waals surface area contributed by atoms with Crippen molar-refractivity contribution in [3.63, 3.8) is 0 Å². The van der Waals surface area contributed by atoms with Crippen molar-refractivity contribution >= 4 is 17.4 Å². The first-order valence-corrected chi connectivity index (χ1v) is 7.77. The molecule has 2 rings (SSSR count). The molecule has 19 heavy (non-hydrogen) atoms. The van der Waals surface area contributed by atoms with E-state index in [4.69, 9.17) is 4.74 Å². The summed E-state index contributed by atoms with van der Waals surface area (Å²) in [5, 5.41) is 0. The third-order valence-corrected chi connectivity index (χ3v) is 5.08. The number of carbonyl (C=O) groups is 1. The molecule has 4 heteroatoms. The number of thiophene rings is 1. The minimum Gasteiger partial charge on any atom is -0.450 e. The minimum atomic E-state index is -0.173. The second-order valence-corrected chi connectivity index (χ2v) is 7.13. The molecule has 0 saturated carbocycles. The Bertz CT molecular complexity index is 434. The van der Waals surface area contributed by atoms with Gasteiger partial charge in [-0.3, -0.25) is 0 Å². The lowest BCUT2D eigenvalue weighted by Crippen LogP contribution is -2.33. The van der Waals surface area contributed by atoms with E-state index >= 15 is 0 Å². The van der Waals surface area contributed by atoms with E-state index in [-0.39, 0.29) is 11.5 Å². The molecule has 0 unspecified atom stereocenters. The molecule has 0 spiro atoms. The molecular weight excluding hydrogens is 258 g/mol. The Labute approximate surface area is 119 Å². The molecule has 2 heterocycles. The van der Waals surface area contributed by atoms with Gasteiger partial charge in [-0.15, -0.1) is 11.3 Å². The van der Waals surface area contributed by atoms with Crippen LogP contribution in [0.3, 0.4) is 0 Å². The highest BCUT2D eigenvalue weighted by Gasteiger charge is 2.24. The highest BCUT2D eigenvalue weighted by molar-refractivity contribution is 7.12. The van der Waals surface area contributed by atoms with Gasteiger partial charge in [0.25, 0.3) is 0 Å². The van der Waals surface area contributed by atoms with Gasteiger partial charge < -0.3 is 9.64 Å². The van der Waals surface area contributed by atoms with Crippen molar-refractivity contribution in [2.45, 2.75) is 46.0 Å². The Morgan fingerprint density at radius 3 is 2.68 bits per heavy atom. The molecule has 1 amide bonds. The fourth-order valence-electron chi connectivity index (χ4n) is 2.26. The molecule has 0 saturated heterocycles. The molecule has 0 aliphatic carbocycles. The average Bonchev–Trinajstić information content (AvgIpc) is 2.63. The molecule has 1 aliphatic rings. The molecule has 106 valence electrons. The number of rotatable bonds is 1. The van der Waals surface area contributed by atoms with Gasteiger partial charge in [-0.05, 0) is 36.8 Å². The number of carbonyl (C=O) groups excluding carboxylic acids is 1. The van der Waals surface area contributed by atoms with Crippen molar-refractivity contribution in [2.24, 2.45) is 0 Å². The largest absolute Gasteiger partial charge is 0.450 e. The summed E-state index contributed by atoms with van der Waals surface area (Å²) in [5.74, 6) is 0. The monoisotopic (exact) mass is 281 g/mol. The van der Waals surface area contributed by atoms with E-state index < -0.39 is 0 Å². The molecule has 0 atom stereocenters. The maximum absolute atomic E-state index is 11.8. The second kappa shape index (κ2) is 5.53. The Morgan fingerprint density at radius 1 is 1.37 bits per heavy atom. The van der Waals surface area contributed by atoms with Crippen LogP contribution < -0.4 is 0 Å². The van der Waals surface area contributed by atoms with Crippen molar-refractivity contribution < 1.29 is 9.53 Å². The van der Waals surface area contributed by atoms with Crippen LogP contribution in [-0.2, 0) is 23.0 Å². The van der Waals surface area contributed by atoms with Gasteiger partial charge >= 0.3 is 6.09 Å². The van der Waals surface area contributed by atoms with Crippen LogP contribution in [0.1, 0.15) is 43.0 Å². The summed E-state index contributed by atoms with van der Waals surface area (Å²) in [7, 11) is 0. The third kappa shape index (κ3) is 3.30. The molecule has 0 N–H and O–H groups in total. The van der Waals surface area contributed by atoms with Crippen molar-refractivity contribution in [1.82, 2.24) is 4.90 Å². The van der Waals surface area contributed by atoms with E-state index in [0.717, 1.165) is 25.9 Å². The Kier molecular flexibility index (Phi) is 4.19. The highest BCUT2D eigenvalue weighted by Crippen LogP contribution is 2.34. The molecule has 1 aromatic rings. The van der Waals surface area contributed by atoms with Crippen LogP contribution in [0.15, 0.2) is 6.07 Å². The molecule has 0 fully saturated rings. The zero-order valence-corrected chi connectivity index (χ0v) is 13.1. The van der Waals surface area contributed by atoms with Crippen LogP contribution in [0, 0.1) is 0 Å². The third-order valence-electron chi connectivity index (χ3n) is 3.42. The molecule has 0 radical (unpaired) electrons. The number of fused-ring (bicyclic) bond motifs is 1. The van der Waals surface area contributed by atoms with Gasteiger partial charge in [0.1, 0.15) is 0 Å². The lowest BCUT2D eigenvalue weighted by atomic mass is 9.94. The SMILES string of the molecule is CCOC(=O)N1CCc2cc(C(C)(C)C)sc2CC1. The van der Waals surface area contributed by atoms with Gasteiger partial charge in [0, 0.05) is 22.8 Å². The zero-order chi connectivity index (χ0) is 14.0. The van der Waals surface area contributed by atoms with Gasteiger partial charge in [-0.25, -0.2) is 4.79 Å². The lowest BCUT2D eigenvalue weighted by molar-refractivity contribution is 0.109. The van der Waals surface area contributed by atoms with Gasteiger partial charge in [0.15, 0.2) is 0 Å². The second-order valence-electron chi connectivity index (χ2n) is 6.00. The quantitative estimate of drug-likeness (QED) is 0.787. The highest BCUT2D eigenvalue weighted by atomic mass is 32.1. The molecule has 0 aromatic carbocycles. The van der Waals surface area contributed by atoms with E-state index in [1.807, 2.05) is 23.2 Å². The van der Waals surface area contributed by atoms with Gasteiger partial charge in [-0.1, -0.05) is 20.8 Å². The van der Waals surface area contributed by atoms with Crippen LogP contribution in [0.25, 0.3) is 0 Å². The summed E-state index contributed by atoms with van der Waals surface area (Å²) in [4.78, 5) is 16.5. The van der Waals surface area contributed by atoms with E-state index in [0.29, 0.717) is 6.61 Å². The van der Waals surface area contributed by atoms with Gasteiger partial charge in [0.2, 0.25) is 0 Å². The molecule has 3 nitrogen and oxygen atoms in total. The maximum atomic E-state index is 11.8. The first-order valence-electron chi connectivity index (χ1n) is 6.95. The van der Waals surface area contributed by atoms with Crippen LogP contribution in [-0.4, -0.2) is 30.7 Å². The van der Waals surface area contributed by atoms with Crippen LogP contribution >= 0.6 is 11.3 Å². The van der Waals surface area contributed by atoms with E-state index in [1.54, 1.807) is 0 Å². The van der Waals surface area contributed by atoms with Crippen LogP contribution in [0.5, 0.6) is 0 Å². The average molecular weight is 281 g/mol. The summed E-state index contributed by atoms with van der Waals surface area (Å²) in [5.41, 5.74) is 1.64. The summed E-state index contributed by atoms with van der Waals surface area (Å²) in [6.07, 6.45) is 1.73. The minimum absolute atomic E-state index is 0.173. The van der Waals surface area contributed by atoms with E-state index in [1.165, 1.54) is 15.3 Å². The van der Waals surface area contributed by atoms with Crippen molar-refractivity contribution in [1.29, 1.82) is 0 Å². The molecule has 1 aliphatic heterocycles. The number of ether oxygens (including phenoxy) is 1. The van der Waals surface area contributed by atoms with Crippen molar-refractivity contribution in [2.75, 3.05) is 19.7 Å². The standard InChI is InChI=1S/C15H23NO2S/c1-5-18-14(17)16-8-6-11-10-13(15(2,3)4)19-12(11)7-9-16/h10H,5-9H2,1-4H3. The number of hydrogen-bond acceptors (Lipinski definition) is 3. The fraction of sp³-hybridized carbons (Fsp3) is 0.667. The molecule has 1 aromatic heterocycles. The van der Waals surface area contributed by atoms with E-state index in [9.17, 15) is 4.79 Å². The summed E-state index contributed by atoms with van der Waals surface area (Å²) in [6.45, 7) is 10.6. The Balaban J connectivity index is 2.08. The Morgan fingerprint density at radius 2 is 2.05 bits per heavy atom. The first kappa shape index (κ1) is 14.4. The normalized spacial score (nSPS) is 15.9. The number of amides is 1. The molecular formula is C15H23NO2S. The molecule has 0 bridgehead atoms. The summed E-state index contributed by atoms with van der Waals surface area (Å²) < 4.78 is 5.08. The fourth-order valence-corrected chi connectivity index (χ4v) is 3.52. The smallest absolute Gasteiger partial charge is 0.409 e. The number of hydrogen-bond donors (Lipinski definition) is 0. The van der Waals surface area contributed by atoms with Crippen molar-refractivity contribution in [3.8, 4) is 0 Å². The van der Waals surface area contributed by atoms with E-state index in [2.05, 4.69) is 26.8 Å². The maximum Gasteiger partial charge on any atom is 0.409 e. The van der Waals surface area contributed by atoms with Crippen LogP contribution in [0.4, 0.5) is 4.79 Å². The predicted octanol–water partition coefficient (Wildman–Crippen LogP) is 3.60. The first-order chi connectivity index (χ1) is 8.91. The van der Waals surface area contributed by atoms with Crippen LogP contribution in [0.2, 0.25) is 0 Å². The predicted molar refractivity (Wildman–Crippen MR) is 79.0 cm³/mol. The Hall–Kier alpha value is -1.03. The topological polar surface area (TPSA) is 29.5 Å². The van der Waals surface area contributed by atoms with Crippen molar-refractivity contribution in [3.05, 3.63) is 21.4 Å². The number of nitrogens with zero attached hydrogens (tertiary/aromatic N) is 1. The zero-order valence-electron chi connectivity index (χ0n) is 12.3. The van der Waals surface area contributed by atoms with Gasteiger partial charge in [-0.2, -0.15) is 0 Å².